The van der Waals surface area contributed by atoms with Crippen LogP contribution in [0.3, 0.4) is 0 Å². The van der Waals surface area contributed by atoms with E-state index in [1.807, 2.05) is 18.9 Å². The number of carbonyl (C=O) groups is 1. The zero-order valence-electron chi connectivity index (χ0n) is 11.4. The maximum atomic E-state index is 12.5. The molecule has 0 bridgehead atoms. The first kappa shape index (κ1) is 14.5. The van der Waals surface area contributed by atoms with Gasteiger partial charge in [0, 0.05) is 20.2 Å². The number of nitrogens with one attached hydrogen (secondary N) is 1. The second-order valence-corrected chi connectivity index (χ2v) is 4.81. The first-order chi connectivity index (χ1) is 8.16. The Bertz CT molecular complexity index is 238. The summed E-state index contributed by atoms with van der Waals surface area (Å²) in [6, 6.07) is 0. The van der Waals surface area contributed by atoms with Gasteiger partial charge in [-0.25, -0.2) is 0 Å². The molecule has 1 amide bonds. The van der Waals surface area contributed by atoms with Crippen molar-refractivity contribution in [1.82, 2.24) is 10.2 Å². The minimum absolute atomic E-state index is 0.133. The summed E-state index contributed by atoms with van der Waals surface area (Å²) in [5.74, 6) is 0.293. The van der Waals surface area contributed by atoms with Crippen molar-refractivity contribution in [3.05, 3.63) is 0 Å². The van der Waals surface area contributed by atoms with E-state index in [0.717, 1.165) is 32.4 Å². The van der Waals surface area contributed by atoms with Gasteiger partial charge in [-0.05, 0) is 39.3 Å². The van der Waals surface area contributed by atoms with Gasteiger partial charge in [0.15, 0.2) is 0 Å². The zero-order valence-corrected chi connectivity index (χ0v) is 11.4. The van der Waals surface area contributed by atoms with Crippen molar-refractivity contribution in [2.45, 2.75) is 33.1 Å². The highest BCUT2D eigenvalue weighted by molar-refractivity contribution is 5.82. The molecule has 0 saturated carbocycles. The Morgan fingerprint density at radius 2 is 2.00 bits per heavy atom. The summed E-state index contributed by atoms with van der Waals surface area (Å²) in [5.41, 5.74) is -0.133. The third kappa shape index (κ3) is 3.68. The third-order valence-electron chi connectivity index (χ3n) is 3.81. The molecule has 1 aliphatic heterocycles. The SMILES string of the molecule is CCOCCN(C)C(=O)C1(CC)CCNCC1. The molecule has 1 heterocycles. The van der Waals surface area contributed by atoms with Gasteiger partial charge in [-0.1, -0.05) is 6.92 Å². The Morgan fingerprint density at radius 1 is 1.35 bits per heavy atom. The topological polar surface area (TPSA) is 41.6 Å². The fourth-order valence-electron chi connectivity index (χ4n) is 2.48. The predicted octanol–water partition coefficient (Wildman–Crippen LogP) is 1.26. The highest BCUT2D eigenvalue weighted by Crippen LogP contribution is 2.34. The van der Waals surface area contributed by atoms with Crippen LogP contribution in [-0.2, 0) is 9.53 Å². The van der Waals surface area contributed by atoms with E-state index in [4.69, 9.17) is 4.74 Å². The van der Waals surface area contributed by atoms with E-state index in [2.05, 4.69) is 12.2 Å². The van der Waals surface area contributed by atoms with Gasteiger partial charge in [-0.2, -0.15) is 0 Å². The molecule has 1 saturated heterocycles. The molecule has 0 aromatic carbocycles. The number of carbonyl (C=O) groups excluding carboxylic acids is 1. The van der Waals surface area contributed by atoms with Crippen molar-refractivity contribution in [3.8, 4) is 0 Å². The number of nitrogens with zero attached hydrogens (tertiary/aromatic N) is 1. The van der Waals surface area contributed by atoms with E-state index in [-0.39, 0.29) is 5.41 Å². The molecule has 0 aromatic rings. The van der Waals surface area contributed by atoms with E-state index < -0.39 is 0 Å². The predicted molar refractivity (Wildman–Crippen MR) is 69.0 cm³/mol. The second-order valence-electron chi connectivity index (χ2n) is 4.81. The fourth-order valence-corrected chi connectivity index (χ4v) is 2.48. The zero-order chi connectivity index (χ0) is 12.7. The largest absolute Gasteiger partial charge is 0.380 e. The number of likely N-dealkylation sites (N-methyl/N-ethyl adjacent to an activating group) is 1. The standard InChI is InChI=1S/C13H26N2O2/c1-4-13(6-8-14-9-7-13)12(16)15(3)10-11-17-5-2/h14H,4-11H2,1-3H3. The van der Waals surface area contributed by atoms with E-state index >= 15 is 0 Å². The molecule has 17 heavy (non-hydrogen) atoms. The van der Waals surface area contributed by atoms with Gasteiger partial charge in [-0.3, -0.25) is 4.79 Å². The van der Waals surface area contributed by atoms with Gasteiger partial charge >= 0.3 is 0 Å². The smallest absolute Gasteiger partial charge is 0.228 e. The Kier molecular flexibility index (Phi) is 5.92. The van der Waals surface area contributed by atoms with E-state index in [1.165, 1.54) is 0 Å². The molecule has 0 radical (unpaired) electrons. The monoisotopic (exact) mass is 242 g/mol. The molecule has 0 unspecified atom stereocenters. The molecule has 1 rings (SSSR count). The average Bonchev–Trinajstić information content (AvgIpc) is 2.38. The van der Waals surface area contributed by atoms with Crippen molar-refractivity contribution >= 4 is 5.91 Å². The van der Waals surface area contributed by atoms with Crippen LogP contribution in [0.1, 0.15) is 33.1 Å². The summed E-state index contributed by atoms with van der Waals surface area (Å²) < 4.78 is 5.30. The number of rotatable bonds is 6. The summed E-state index contributed by atoms with van der Waals surface area (Å²) in [4.78, 5) is 14.3. The van der Waals surface area contributed by atoms with Gasteiger partial charge < -0.3 is 15.0 Å². The van der Waals surface area contributed by atoms with E-state index in [0.29, 0.717) is 25.7 Å². The fraction of sp³-hybridized carbons (Fsp3) is 0.923. The Balaban J connectivity index is 2.52. The molecular weight excluding hydrogens is 216 g/mol. The third-order valence-corrected chi connectivity index (χ3v) is 3.81. The van der Waals surface area contributed by atoms with E-state index in [1.54, 1.807) is 0 Å². The molecule has 1 fully saturated rings. The van der Waals surface area contributed by atoms with Crippen LogP contribution in [0.2, 0.25) is 0 Å². The van der Waals surface area contributed by atoms with Crippen LogP contribution < -0.4 is 5.32 Å². The number of hydrogen-bond acceptors (Lipinski definition) is 3. The molecule has 0 spiro atoms. The summed E-state index contributed by atoms with van der Waals surface area (Å²) in [6.45, 7) is 8.06. The molecule has 0 aromatic heterocycles. The average molecular weight is 242 g/mol. The van der Waals surface area contributed by atoms with Crippen LogP contribution in [0.15, 0.2) is 0 Å². The first-order valence-electron chi connectivity index (χ1n) is 6.70. The Labute approximate surface area is 105 Å². The maximum Gasteiger partial charge on any atom is 0.228 e. The molecule has 0 atom stereocenters. The normalized spacial score (nSPS) is 19.0. The van der Waals surface area contributed by atoms with Crippen LogP contribution in [0.4, 0.5) is 0 Å². The van der Waals surface area contributed by atoms with Crippen molar-refractivity contribution in [2.24, 2.45) is 5.41 Å². The van der Waals surface area contributed by atoms with Gasteiger partial charge in [0.1, 0.15) is 0 Å². The molecule has 1 N–H and O–H groups in total. The summed E-state index contributed by atoms with van der Waals surface area (Å²) in [7, 11) is 1.89. The van der Waals surface area contributed by atoms with Crippen LogP contribution >= 0.6 is 0 Å². The number of ether oxygens (including phenoxy) is 1. The second kappa shape index (κ2) is 6.97. The first-order valence-corrected chi connectivity index (χ1v) is 6.70. The van der Waals surface area contributed by atoms with Crippen LogP contribution in [-0.4, -0.2) is 50.7 Å². The lowest BCUT2D eigenvalue weighted by molar-refractivity contribution is -0.143. The minimum atomic E-state index is -0.133. The molecule has 1 aliphatic rings. The minimum Gasteiger partial charge on any atom is -0.380 e. The Hall–Kier alpha value is -0.610. The van der Waals surface area contributed by atoms with Crippen molar-refractivity contribution in [3.63, 3.8) is 0 Å². The lowest BCUT2D eigenvalue weighted by Gasteiger charge is -2.38. The summed E-state index contributed by atoms with van der Waals surface area (Å²) in [6.07, 6.45) is 2.86. The van der Waals surface area contributed by atoms with Gasteiger partial charge in [0.2, 0.25) is 5.91 Å². The van der Waals surface area contributed by atoms with Crippen LogP contribution in [0.25, 0.3) is 0 Å². The highest BCUT2D eigenvalue weighted by Gasteiger charge is 2.39. The quantitative estimate of drug-likeness (QED) is 0.713. The Morgan fingerprint density at radius 3 is 2.53 bits per heavy atom. The molecule has 4 heteroatoms. The number of amides is 1. The molecule has 4 nitrogen and oxygen atoms in total. The lowest BCUT2D eigenvalue weighted by atomic mass is 9.75. The molecule has 0 aliphatic carbocycles. The number of hydrogen-bond donors (Lipinski definition) is 1. The highest BCUT2D eigenvalue weighted by atomic mass is 16.5. The van der Waals surface area contributed by atoms with Crippen molar-refractivity contribution in [2.75, 3.05) is 39.9 Å². The lowest BCUT2D eigenvalue weighted by Crippen LogP contribution is -2.48. The molecular formula is C13H26N2O2. The molecule has 100 valence electrons. The van der Waals surface area contributed by atoms with Gasteiger partial charge in [0.25, 0.3) is 0 Å². The van der Waals surface area contributed by atoms with Crippen molar-refractivity contribution < 1.29 is 9.53 Å². The van der Waals surface area contributed by atoms with Gasteiger partial charge in [0.05, 0.1) is 12.0 Å². The van der Waals surface area contributed by atoms with Gasteiger partial charge in [-0.15, -0.1) is 0 Å². The number of piperidine rings is 1. The maximum absolute atomic E-state index is 12.5. The van der Waals surface area contributed by atoms with Crippen LogP contribution in [0, 0.1) is 5.41 Å². The van der Waals surface area contributed by atoms with Crippen molar-refractivity contribution in [1.29, 1.82) is 0 Å². The van der Waals surface area contributed by atoms with E-state index in [9.17, 15) is 4.79 Å². The summed E-state index contributed by atoms with van der Waals surface area (Å²) >= 11 is 0. The van der Waals surface area contributed by atoms with Crippen LogP contribution in [0.5, 0.6) is 0 Å². The summed E-state index contributed by atoms with van der Waals surface area (Å²) in [5, 5.41) is 3.32.